The Hall–Kier alpha value is -1.33. The first-order valence-corrected chi connectivity index (χ1v) is 8.42. The monoisotopic (exact) mass is 305 g/mol. The lowest BCUT2D eigenvalue weighted by atomic mass is 10.1. The average molecular weight is 305 g/mol. The summed E-state index contributed by atoms with van der Waals surface area (Å²) in [5.41, 5.74) is 1.33. The number of fused-ring (bicyclic) bond motifs is 1. The highest BCUT2D eigenvalue weighted by Crippen LogP contribution is 2.28. The van der Waals surface area contributed by atoms with Gasteiger partial charge in [0.15, 0.2) is 0 Å². The molecule has 0 radical (unpaired) electrons. The van der Waals surface area contributed by atoms with Crippen molar-refractivity contribution in [1.82, 2.24) is 14.8 Å². The van der Waals surface area contributed by atoms with Crippen LogP contribution in [0.4, 0.5) is 0 Å². The van der Waals surface area contributed by atoms with Crippen LogP contribution in [0.25, 0.3) is 0 Å². The molecule has 1 aliphatic carbocycles. The van der Waals surface area contributed by atoms with Gasteiger partial charge in [0.05, 0.1) is 12.5 Å². The molecule has 5 nitrogen and oxygen atoms in total. The zero-order valence-corrected chi connectivity index (χ0v) is 13.5. The Bertz CT molecular complexity index is 494. The number of hydrogen-bond acceptors (Lipinski definition) is 3. The minimum absolute atomic E-state index is 0.0195. The third-order valence-corrected chi connectivity index (χ3v) is 4.98. The van der Waals surface area contributed by atoms with Crippen LogP contribution in [0, 0.1) is 5.92 Å². The number of carbonyl (C=O) groups excluding carboxylic acids is 1. The molecule has 1 aromatic rings. The molecule has 5 heteroatoms. The highest BCUT2D eigenvalue weighted by molar-refractivity contribution is 5.78. The third-order valence-electron chi connectivity index (χ3n) is 4.98. The number of rotatable bonds is 5. The van der Waals surface area contributed by atoms with Crippen molar-refractivity contribution in [2.45, 2.75) is 44.8 Å². The largest absolute Gasteiger partial charge is 0.383 e. The van der Waals surface area contributed by atoms with Gasteiger partial charge in [-0.25, -0.2) is 0 Å². The molecule has 2 aliphatic rings. The molecule has 0 unspecified atom stereocenters. The first-order chi connectivity index (χ1) is 10.8. The molecule has 0 bridgehead atoms. The SMILES string of the molecule is COCCNC(=O)[C@H]1CN(C2CCCC2)Cc2cccn2C1. The number of methoxy groups -OCH3 is 1. The fourth-order valence-corrected chi connectivity index (χ4v) is 3.76. The molecular weight excluding hydrogens is 278 g/mol. The van der Waals surface area contributed by atoms with Gasteiger partial charge in [0.2, 0.25) is 5.91 Å². The molecular formula is C17H27N3O2. The van der Waals surface area contributed by atoms with E-state index in [4.69, 9.17) is 4.74 Å². The Balaban J connectivity index is 1.70. The van der Waals surface area contributed by atoms with Crippen molar-refractivity contribution in [2.75, 3.05) is 26.8 Å². The second-order valence-electron chi connectivity index (χ2n) is 6.50. The molecule has 1 fully saturated rings. The van der Waals surface area contributed by atoms with E-state index in [9.17, 15) is 4.79 Å². The number of carbonyl (C=O) groups is 1. The maximum Gasteiger partial charge on any atom is 0.226 e. The van der Waals surface area contributed by atoms with Gasteiger partial charge in [-0.15, -0.1) is 0 Å². The number of hydrogen-bond donors (Lipinski definition) is 1. The second-order valence-corrected chi connectivity index (χ2v) is 6.50. The lowest BCUT2D eigenvalue weighted by Gasteiger charge is -2.29. The summed E-state index contributed by atoms with van der Waals surface area (Å²) in [7, 11) is 1.66. The molecule has 1 aromatic heterocycles. The Kier molecular flexibility index (Phi) is 5.16. The Morgan fingerprint density at radius 2 is 2.18 bits per heavy atom. The number of aromatic nitrogens is 1. The van der Waals surface area contributed by atoms with Gasteiger partial charge in [-0.1, -0.05) is 12.8 Å². The molecule has 22 heavy (non-hydrogen) atoms. The highest BCUT2D eigenvalue weighted by Gasteiger charge is 2.31. The number of amides is 1. The van der Waals surface area contributed by atoms with Gasteiger partial charge in [-0.3, -0.25) is 9.69 Å². The zero-order chi connectivity index (χ0) is 15.4. The maximum absolute atomic E-state index is 12.5. The maximum atomic E-state index is 12.5. The van der Waals surface area contributed by atoms with Gasteiger partial charge in [0.25, 0.3) is 0 Å². The van der Waals surface area contributed by atoms with Gasteiger partial charge in [-0.2, -0.15) is 0 Å². The lowest BCUT2D eigenvalue weighted by Crippen LogP contribution is -2.42. The van der Waals surface area contributed by atoms with E-state index in [0.717, 1.165) is 19.6 Å². The van der Waals surface area contributed by atoms with Crippen LogP contribution in [0.15, 0.2) is 18.3 Å². The van der Waals surface area contributed by atoms with E-state index in [2.05, 4.69) is 33.1 Å². The smallest absolute Gasteiger partial charge is 0.226 e. The minimum atomic E-state index is 0.0195. The van der Waals surface area contributed by atoms with Crippen molar-refractivity contribution in [2.24, 2.45) is 5.92 Å². The third kappa shape index (κ3) is 3.52. The molecule has 3 rings (SSSR count). The number of nitrogens with zero attached hydrogens (tertiary/aromatic N) is 2. The summed E-state index contributed by atoms with van der Waals surface area (Å²) in [5, 5.41) is 3.01. The topological polar surface area (TPSA) is 46.5 Å². The van der Waals surface area contributed by atoms with Crippen LogP contribution in [0.1, 0.15) is 31.4 Å². The summed E-state index contributed by atoms with van der Waals surface area (Å²) in [6, 6.07) is 4.93. The average Bonchev–Trinajstić information content (AvgIpc) is 3.16. The minimum Gasteiger partial charge on any atom is -0.383 e. The molecule has 0 saturated heterocycles. The summed E-state index contributed by atoms with van der Waals surface area (Å²) in [5.74, 6) is 0.174. The van der Waals surface area contributed by atoms with Crippen molar-refractivity contribution < 1.29 is 9.53 Å². The van der Waals surface area contributed by atoms with Crippen molar-refractivity contribution in [3.63, 3.8) is 0 Å². The van der Waals surface area contributed by atoms with E-state index in [1.54, 1.807) is 7.11 Å². The van der Waals surface area contributed by atoms with Crippen LogP contribution in [-0.2, 0) is 22.6 Å². The van der Waals surface area contributed by atoms with Gasteiger partial charge in [0.1, 0.15) is 0 Å². The Labute approximate surface area is 132 Å². The van der Waals surface area contributed by atoms with Crippen LogP contribution < -0.4 is 5.32 Å². The van der Waals surface area contributed by atoms with Crippen LogP contribution in [0.2, 0.25) is 0 Å². The van der Waals surface area contributed by atoms with Gasteiger partial charge >= 0.3 is 0 Å². The summed E-state index contributed by atoms with van der Waals surface area (Å²) in [6.45, 7) is 3.78. The molecule has 0 aromatic carbocycles. The zero-order valence-electron chi connectivity index (χ0n) is 13.5. The van der Waals surface area contributed by atoms with E-state index < -0.39 is 0 Å². The molecule has 1 N–H and O–H groups in total. The first-order valence-electron chi connectivity index (χ1n) is 8.42. The van der Waals surface area contributed by atoms with E-state index in [-0.39, 0.29) is 11.8 Å². The fraction of sp³-hybridized carbons (Fsp3) is 0.706. The van der Waals surface area contributed by atoms with Gasteiger partial charge in [0, 0.05) is 51.2 Å². The van der Waals surface area contributed by atoms with Crippen molar-refractivity contribution in [3.8, 4) is 0 Å². The lowest BCUT2D eigenvalue weighted by molar-refractivity contribution is -0.126. The summed E-state index contributed by atoms with van der Waals surface area (Å²) in [4.78, 5) is 15.0. The number of ether oxygens (including phenoxy) is 1. The van der Waals surface area contributed by atoms with E-state index in [1.165, 1.54) is 31.4 Å². The van der Waals surface area contributed by atoms with E-state index >= 15 is 0 Å². The summed E-state index contributed by atoms with van der Waals surface area (Å²) in [6.07, 6.45) is 7.31. The van der Waals surface area contributed by atoms with E-state index in [0.29, 0.717) is 19.2 Å². The molecule has 1 amide bonds. The standard InChI is InChI=1S/C17H27N3O2/c1-22-10-8-18-17(21)14-11-19-9-4-7-16(19)13-20(12-14)15-5-2-3-6-15/h4,7,9,14-15H,2-3,5-6,8,10-13H2,1H3,(H,18,21)/t14-/m1/s1. The normalized spacial score (nSPS) is 23.2. The Morgan fingerprint density at radius 3 is 2.95 bits per heavy atom. The molecule has 1 saturated carbocycles. The van der Waals surface area contributed by atoms with E-state index in [1.807, 2.05) is 0 Å². The quantitative estimate of drug-likeness (QED) is 0.841. The van der Waals surface area contributed by atoms with Gasteiger partial charge < -0.3 is 14.6 Å². The first kappa shape index (κ1) is 15.6. The van der Waals surface area contributed by atoms with Crippen molar-refractivity contribution in [1.29, 1.82) is 0 Å². The predicted octanol–water partition coefficient (Wildman–Crippen LogP) is 1.63. The number of nitrogens with one attached hydrogen (secondary N) is 1. The van der Waals surface area contributed by atoms with Crippen molar-refractivity contribution >= 4 is 5.91 Å². The molecule has 1 atom stereocenters. The van der Waals surface area contributed by atoms with Crippen LogP contribution >= 0.6 is 0 Å². The van der Waals surface area contributed by atoms with Crippen molar-refractivity contribution in [3.05, 3.63) is 24.0 Å². The molecule has 122 valence electrons. The summed E-state index contributed by atoms with van der Waals surface area (Å²) < 4.78 is 7.27. The second kappa shape index (κ2) is 7.29. The fourth-order valence-electron chi connectivity index (χ4n) is 3.76. The molecule has 2 heterocycles. The molecule has 0 spiro atoms. The van der Waals surface area contributed by atoms with Crippen LogP contribution in [0.3, 0.4) is 0 Å². The molecule has 1 aliphatic heterocycles. The Morgan fingerprint density at radius 1 is 1.36 bits per heavy atom. The van der Waals surface area contributed by atoms with Crippen LogP contribution in [0.5, 0.6) is 0 Å². The predicted molar refractivity (Wildman–Crippen MR) is 85.5 cm³/mol. The van der Waals surface area contributed by atoms with Gasteiger partial charge in [-0.05, 0) is 25.0 Å². The van der Waals surface area contributed by atoms with Crippen LogP contribution in [-0.4, -0.2) is 48.2 Å². The highest BCUT2D eigenvalue weighted by atomic mass is 16.5. The summed E-state index contributed by atoms with van der Waals surface area (Å²) >= 11 is 0.